The van der Waals surface area contributed by atoms with Crippen molar-refractivity contribution in [3.8, 4) is 0 Å². The second kappa shape index (κ2) is 7.03. The maximum atomic E-state index is 8.50. The van der Waals surface area contributed by atoms with Crippen molar-refractivity contribution in [3.63, 3.8) is 0 Å². The van der Waals surface area contributed by atoms with Crippen LogP contribution in [-0.2, 0) is 0 Å². The van der Waals surface area contributed by atoms with Crippen LogP contribution in [0.25, 0.3) is 0 Å². The number of hydrogen-bond acceptors (Lipinski definition) is 2. The Hall–Kier alpha value is -0.0800. The van der Waals surface area contributed by atoms with Gasteiger partial charge in [-0.15, -0.1) is 0 Å². The number of aliphatic hydroxyl groups is 1. The summed E-state index contributed by atoms with van der Waals surface area (Å²) in [7, 11) is 0. The first-order valence-electron chi connectivity index (χ1n) is 4.25. The van der Waals surface area contributed by atoms with Crippen LogP contribution in [0, 0.1) is 5.92 Å². The first kappa shape index (κ1) is 9.92. The van der Waals surface area contributed by atoms with E-state index in [1.807, 2.05) is 13.8 Å². The highest BCUT2D eigenvalue weighted by Gasteiger charge is 2.12. The lowest BCUT2D eigenvalue weighted by Crippen LogP contribution is -2.09. The summed E-state index contributed by atoms with van der Waals surface area (Å²) < 4.78 is 0. The van der Waals surface area contributed by atoms with Gasteiger partial charge in [0.1, 0.15) is 0 Å². The fraction of sp³-hybridized carbons (Fsp3) is 1.00. The fourth-order valence-electron chi connectivity index (χ4n) is 1.14. The summed E-state index contributed by atoms with van der Waals surface area (Å²) in [6, 6.07) is 0. The molecule has 0 radical (unpaired) electrons. The summed E-state index contributed by atoms with van der Waals surface area (Å²) in [5, 5.41) is 11.7. The van der Waals surface area contributed by atoms with E-state index in [2.05, 4.69) is 5.32 Å². The lowest BCUT2D eigenvalue weighted by molar-refractivity contribution is 0.262. The van der Waals surface area contributed by atoms with Gasteiger partial charge in [-0.1, -0.05) is 13.8 Å². The summed E-state index contributed by atoms with van der Waals surface area (Å²) in [5.41, 5.74) is 0. The van der Waals surface area contributed by atoms with E-state index in [-0.39, 0.29) is 0 Å². The summed E-state index contributed by atoms with van der Waals surface area (Å²) in [6.07, 6.45) is 2.23. The second-order valence-electron chi connectivity index (χ2n) is 2.37. The second-order valence-corrected chi connectivity index (χ2v) is 2.37. The molecule has 0 amide bonds. The molecule has 0 aromatic rings. The zero-order valence-corrected chi connectivity index (χ0v) is 7.06. The number of nitrogens with one attached hydrogen (secondary N) is 1. The minimum absolute atomic E-state index is 0.354. The third-order valence-corrected chi connectivity index (χ3v) is 1.70. The Kier molecular flexibility index (Phi) is 6.98. The average Bonchev–Trinajstić information content (AvgIpc) is 2.46. The van der Waals surface area contributed by atoms with Crippen molar-refractivity contribution in [2.45, 2.75) is 26.7 Å². The molecule has 1 aliphatic heterocycles. The molecule has 62 valence electrons. The van der Waals surface area contributed by atoms with Gasteiger partial charge < -0.3 is 10.4 Å². The highest BCUT2D eigenvalue weighted by atomic mass is 16.3. The zero-order chi connectivity index (χ0) is 7.82. The molecule has 1 aliphatic rings. The summed E-state index contributed by atoms with van der Waals surface area (Å²) in [4.78, 5) is 0. The monoisotopic (exact) mass is 145 g/mol. The van der Waals surface area contributed by atoms with Crippen LogP contribution >= 0.6 is 0 Å². The topological polar surface area (TPSA) is 32.3 Å². The van der Waals surface area contributed by atoms with Crippen LogP contribution in [0.15, 0.2) is 0 Å². The highest BCUT2D eigenvalue weighted by Crippen LogP contribution is 2.10. The Labute approximate surface area is 63.6 Å². The van der Waals surface area contributed by atoms with Crippen molar-refractivity contribution in [2.24, 2.45) is 5.92 Å². The van der Waals surface area contributed by atoms with Gasteiger partial charge in [-0.2, -0.15) is 0 Å². The Balaban J connectivity index is 0.000000371. The molecule has 10 heavy (non-hydrogen) atoms. The maximum absolute atomic E-state index is 8.50. The number of hydrogen-bond donors (Lipinski definition) is 2. The molecule has 1 atom stereocenters. The molecule has 1 rings (SSSR count). The molecule has 0 aromatic heterocycles. The van der Waals surface area contributed by atoms with Crippen molar-refractivity contribution in [1.82, 2.24) is 5.32 Å². The average molecular weight is 145 g/mol. The standard InChI is InChI=1S/C6H13NO.C2H6/c8-4-2-6-1-3-7-5-6;1-2/h6-8H,1-5H2;1-2H3. The van der Waals surface area contributed by atoms with Crippen LogP contribution in [0.1, 0.15) is 26.7 Å². The van der Waals surface area contributed by atoms with E-state index in [1.54, 1.807) is 0 Å². The van der Waals surface area contributed by atoms with E-state index >= 15 is 0 Å². The van der Waals surface area contributed by atoms with Gasteiger partial charge in [-0.05, 0) is 31.8 Å². The summed E-state index contributed by atoms with van der Waals surface area (Å²) >= 11 is 0. The van der Waals surface area contributed by atoms with Crippen molar-refractivity contribution < 1.29 is 5.11 Å². The van der Waals surface area contributed by atoms with E-state index < -0.39 is 0 Å². The van der Waals surface area contributed by atoms with E-state index in [1.165, 1.54) is 6.42 Å². The minimum Gasteiger partial charge on any atom is -0.396 e. The van der Waals surface area contributed by atoms with Gasteiger partial charge in [0.05, 0.1) is 0 Å². The molecule has 2 nitrogen and oxygen atoms in total. The Morgan fingerprint density at radius 1 is 1.50 bits per heavy atom. The molecule has 2 N–H and O–H groups in total. The quantitative estimate of drug-likeness (QED) is 0.607. The first-order valence-corrected chi connectivity index (χ1v) is 4.25. The molecule has 0 bridgehead atoms. The number of aliphatic hydroxyl groups excluding tert-OH is 1. The molecule has 0 aromatic carbocycles. The van der Waals surface area contributed by atoms with E-state index in [0.29, 0.717) is 6.61 Å². The van der Waals surface area contributed by atoms with E-state index in [0.717, 1.165) is 25.4 Å². The molecule has 0 spiro atoms. The third-order valence-electron chi connectivity index (χ3n) is 1.70. The van der Waals surface area contributed by atoms with Crippen LogP contribution in [0.3, 0.4) is 0 Å². The van der Waals surface area contributed by atoms with Crippen molar-refractivity contribution in [2.75, 3.05) is 19.7 Å². The lowest BCUT2D eigenvalue weighted by atomic mass is 10.1. The van der Waals surface area contributed by atoms with Gasteiger partial charge in [-0.3, -0.25) is 0 Å². The Bertz CT molecular complexity index is 60.3. The van der Waals surface area contributed by atoms with Gasteiger partial charge >= 0.3 is 0 Å². The molecule has 0 saturated carbocycles. The fourth-order valence-corrected chi connectivity index (χ4v) is 1.14. The molecule has 1 saturated heterocycles. The third kappa shape index (κ3) is 3.85. The van der Waals surface area contributed by atoms with Crippen LogP contribution in [-0.4, -0.2) is 24.8 Å². The van der Waals surface area contributed by atoms with Crippen LogP contribution in [0.2, 0.25) is 0 Å². The predicted octanol–water partition coefficient (Wildman–Crippen LogP) is 1.00. The Morgan fingerprint density at radius 3 is 2.60 bits per heavy atom. The smallest absolute Gasteiger partial charge is 0.0434 e. The molecule has 0 aliphatic carbocycles. The van der Waals surface area contributed by atoms with Gasteiger partial charge in [0.15, 0.2) is 0 Å². The zero-order valence-electron chi connectivity index (χ0n) is 7.06. The summed E-state index contributed by atoms with van der Waals surface area (Å²) in [5.74, 6) is 0.750. The normalized spacial score (nSPS) is 23.7. The molecule has 1 heterocycles. The lowest BCUT2D eigenvalue weighted by Gasteiger charge is -2.01. The van der Waals surface area contributed by atoms with Gasteiger partial charge in [0.2, 0.25) is 0 Å². The minimum atomic E-state index is 0.354. The van der Waals surface area contributed by atoms with Crippen LogP contribution < -0.4 is 5.32 Å². The highest BCUT2D eigenvalue weighted by molar-refractivity contribution is 4.69. The van der Waals surface area contributed by atoms with Crippen LogP contribution in [0.5, 0.6) is 0 Å². The summed E-state index contributed by atoms with van der Waals surface area (Å²) in [6.45, 7) is 6.61. The molecular weight excluding hydrogens is 126 g/mol. The van der Waals surface area contributed by atoms with Crippen molar-refractivity contribution >= 4 is 0 Å². The Morgan fingerprint density at radius 2 is 2.20 bits per heavy atom. The molecule has 1 fully saturated rings. The molecule has 2 heteroatoms. The van der Waals surface area contributed by atoms with Gasteiger partial charge in [-0.25, -0.2) is 0 Å². The van der Waals surface area contributed by atoms with Crippen LogP contribution in [0.4, 0.5) is 0 Å². The SMILES string of the molecule is CC.OCCC1CCNC1. The number of rotatable bonds is 2. The largest absolute Gasteiger partial charge is 0.396 e. The first-order chi connectivity index (χ1) is 4.93. The van der Waals surface area contributed by atoms with E-state index in [9.17, 15) is 0 Å². The van der Waals surface area contributed by atoms with E-state index in [4.69, 9.17) is 5.11 Å². The van der Waals surface area contributed by atoms with Crippen molar-refractivity contribution in [3.05, 3.63) is 0 Å². The van der Waals surface area contributed by atoms with Gasteiger partial charge in [0, 0.05) is 6.61 Å². The maximum Gasteiger partial charge on any atom is 0.0434 e. The molecular formula is C8H19NO. The predicted molar refractivity (Wildman–Crippen MR) is 44.0 cm³/mol. The van der Waals surface area contributed by atoms with Gasteiger partial charge in [0.25, 0.3) is 0 Å². The molecule has 1 unspecified atom stereocenters. The van der Waals surface area contributed by atoms with Crippen molar-refractivity contribution in [1.29, 1.82) is 0 Å².